The van der Waals surface area contributed by atoms with Crippen LogP contribution >= 0.6 is 0 Å². The van der Waals surface area contributed by atoms with Crippen molar-refractivity contribution in [3.63, 3.8) is 0 Å². The number of esters is 1. The quantitative estimate of drug-likeness (QED) is 0.686. The highest BCUT2D eigenvalue weighted by molar-refractivity contribution is 5.69. The van der Waals surface area contributed by atoms with Crippen molar-refractivity contribution in [2.45, 2.75) is 25.3 Å². The van der Waals surface area contributed by atoms with E-state index in [2.05, 4.69) is 9.72 Å². The van der Waals surface area contributed by atoms with E-state index in [0.717, 1.165) is 6.42 Å². The molecule has 1 heterocycles. The van der Waals surface area contributed by atoms with E-state index in [4.69, 9.17) is 5.73 Å². The molecule has 1 aromatic heterocycles. The molecular weight excluding hydrogens is 180 g/mol. The molecule has 1 atom stereocenters. The van der Waals surface area contributed by atoms with Crippen molar-refractivity contribution in [3.8, 4) is 0 Å². The summed E-state index contributed by atoms with van der Waals surface area (Å²) < 4.78 is 4.54. The number of hydrogen-bond donors (Lipinski definition) is 2. The minimum Gasteiger partial charge on any atom is -0.469 e. The lowest BCUT2D eigenvalue weighted by atomic mass is 10.1. The molecule has 0 saturated heterocycles. The number of H-pyrrole nitrogens is 1. The normalized spacial score (nSPS) is 12.4. The van der Waals surface area contributed by atoms with Crippen molar-refractivity contribution in [2.75, 3.05) is 7.11 Å². The van der Waals surface area contributed by atoms with Gasteiger partial charge in [0.15, 0.2) is 0 Å². The molecule has 0 bridgehead atoms. The predicted molar refractivity (Wildman–Crippen MR) is 53.7 cm³/mol. The van der Waals surface area contributed by atoms with E-state index in [0.29, 0.717) is 12.8 Å². The molecule has 1 unspecified atom stereocenters. The Hall–Kier alpha value is -1.29. The SMILES string of the molecule is COC(=O)CCC(N)Cc1cc[nH]c1. The number of nitrogens with one attached hydrogen (secondary N) is 1. The van der Waals surface area contributed by atoms with Crippen LogP contribution in [0.15, 0.2) is 18.5 Å². The molecule has 14 heavy (non-hydrogen) atoms. The van der Waals surface area contributed by atoms with Gasteiger partial charge in [-0.15, -0.1) is 0 Å². The highest BCUT2D eigenvalue weighted by Crippen LogP contribution is 2.05. The van der Waals surface area contributed by atoms with Crippen LogP contribution < -0.4 is 5.73 Å². The summed E-state index contributed by atoms with van der Waals surface area (Å²) in [5, 5.41) is 0. The highest BCUT2D eigenvalue weighted by Gasteiger charge is 2.07. The Morgan fingerprint density at radius 3 is 3.07 bits per heavy atom. The summed E-state index contributed by atoms with van der Waals surface area (Å²) in [6.07, 6.45) is 5.63. The standard InChI is InChI=1S/C10H16N2O2/c1-14-10(13)3-2-9(11)6-8-4-5-12-7-8/h4-5,7,9,12H,2-3,6,11H2,1H3. The number of nitrogens with two attached hydrogens (primary N) is 1. The van der Waals surface area contributed by atoms with E-state index in [9.17, 15) is 4.79 Å². The van der Waals surface area contributed by atoms with Crippen molar-refractivity contribution in [3.05, 3.63) is 24.0 Å². The molecule has 0 radical (unpaired) electrons. The van der Waals surface area contributed by atoms with Crippen molar-refractivity contribution in [1.82, 2.24) is 4.98 Å². The van der Waals surface area contributed by atoms with E-state index in [-0.39, 0.29) is 12.0 Å². The zero-order chi connectivity index (χ0) is 10.4. The number of ether oxygens (including phenoxy) is 1. The number of carbonyl (C=O) groups is 1. The smallest absolute Gasteiger partial charge is 0.305 e. The van der Waals surface area contributed by atoms with Gasteiger partial charge in [0.25, 0.3) is 0 Å². The van der Waals surface area contributed by atoms with E-state index in [1.165, 1.54) is 12.7 Å². The number of methoxy groups -OCH3 is 1. The Labute approximate surface area is 83.4 Å². The number of aromatic amines is 1. The van der Waals surface area contributed by atoms with E-state index in [1.54, 1.807) is 0 Å². The molecular formula is C10H16N2O2. The van der Waals surface area contributed by atoms with Gasteiger partial charge < -0.3 is 15.5 Å². The average molecular weight is 196 g/mol. The summed E-state index contributed by atoms with van der Waals surface area (Å²) in [7, 11) is 1.39. The molecule has 4 nitrogen and oxygen atoms in total. The second-order valence-electron chi connectivity index (χ2n) is 3.30. The van der Waals surface area contributed by atoms with Gasteiger partial charge in [-0.25, -0.2) is 0 Å². The van der Waals surface area contributed by atoms with Gasteiger partial charge >= 0.3 is 5.97 Å². The molecule has 0 amide bonds. The van der Waals surface area contributed by atoms with E-state index >= 15 is 0 Å². The van der Waals surface area contributed by atoms with Gasteiger partial charge in [0.2, 0.25) is 0 Å². The first kappa shape index (κ1) is 10.8. The van der Waals surface area contributed by atoms with Crippen LogP contribution in [0.3, 0.4) is 0 Å². The van der Waals surface area contributed by atoms with Crippen LogP contribution in [-0.2, 0) is 16.0 Å². The summed E-state index contributed by atoms with van der Waals surface area (Å²) in [5.41, 5.74) is 7.02. The summed E-state index contributed by atoms with van der Waals surface area (Å²) in [4.78, 5) is 13.8. The first-order valence-electron chi connectivity index (χ1n) is 4.66. The Kier molecular flexibility index (Phi) is 4.19. The lowest BCUT2D eigenvalue weighted by molar-refractivity contribution is -0.140. The molecule has 0 aromatic carbocycles. The second-order valence-corrected chi connectivity index (χ2v) is 3.30. The molecule has 78 valence electrons. The zero-order valence-electron chi connectivity index (χ0n) is 8.32. The molecule has 1 rings (SSSR count). The van der Waals surface area contributed by atoms with Crippen molar-refractivity contribution < 1.29 is 9.53 Å². The zero-order valence-corrected chi connectivity index (χ0v) is 8.32. The van der Waals surface area contributed by atoms with E-state index < -0.39 is 0 Å². The predicted octanol–water partition coefficient (Wildman–Crippen LogP) is 0.838. The second kappa shape index (κ2) is 5.44. The van der Waals surface area contributed by atoms with Crippen LogP contribution in [0.25, 0.3) is 0 Å². The van der Waals surface area contributed by atoms with Gasteiger partial charge in [-0.3, -0.25) is 4.79 Å². The van der Waals surface area contributed by atoms with Gasteiger partial charge in [-0.2, -0.15) is 0 Å². The minimum absolute atomic E-state index is 0.0184. The maximum Gasteiger partial charge on any atom is 0.305 e. The van der Waals surface area contributed by atoms with Gasteiger partial charge in [0, 0.05) is 24.9 Å². The maximum atomic E-state index is 10.8. The monoisotopic (exact) mass is 196 g/mol. The van der Waals surface area contributed by atoms with E-state index in [1.807, 2.05) is 18.5 Å². The third-order valence-corrected chi connectivity index (χ3v) is 2.11. The first-order chi connectivity index (χ1) is 6.72. The van der Waals surface area contributed by atoms with Crippen molar-refractivity contribution in [2.24, 2.45) is 5.73 Å². The fraction of sp³-hybridized carbons (Fsp3) is 0.500. The van der Waals surface area contributed by atoms with Crippen LogP contribution in [0.5, 0.6) is 0 Å². The fourth-order valence-corrected chi connectivity index (χ4v) is 1.30. The van der Waals surface area contributed by atoms with Gasteiger partial charge in [-0.1, -0.05) is 0 Å². The fourth-order valence-electron chi connectivity index (χ4n) is 1.30. The number of hydrogen-bond acceptors (Lipinski definition) is 3. The number of aromatic nitrogens is 1. The molecule has 0 saturated carbocycles. The molecule has 4 heteroatoms. The Morgan fingerprint density at radius 2 is 2.50 bits per heavy atom. The molecule has 0 aliphatic rings. The summed E-state index contributed by atoms with van der Waals surface area (Å²) in [6.45, 7) is 0. The molecule has 0 aliphatic carbocycles. The van der Waals surface area contributed by atoms with Crippen LogP contribution in [0, 0.1) is 0 Å². The van der Waals surface area contributed by atoms with Crippen molar-refractivity contribution in [1.29, 1.82) is 0 Å². The molecule has 3 N–H and O–H groups in total. The summed E-state index contributed by atoms with van der Waals surface area (Å²) in [5.74, 6) is -0.200. The third-order valence-electron chi connectivity index (χ3n) is 2.11. The Morgan fingerprint density at radius 1 is 1.71 bits per heavy atom. The number of carbonyl (C=O) groups excluding carboxylic acids is 1. The number of rotatable bonds is 5. The summed E-state index contributed by atoms with van der Waals surface area (Å²) in [6, 6.07) is 2.00. The first-order valence-corrected chi connectivity index (χ1v) is 4.66. The van der Waals surface area contributed by atoms with Gasteiger partial charge in [0.1, 0.15) is 0 Å². The van der Waals surface area contributed by atoms with Crippen LogP contribution in [0.2, 0.25) is 0 Å². The van der Waals surface area contributed by atoms with Crippen LogP contribution in [0.4, 0.5) is 0 Å². The van der Waals surface area contributed by atoms with Crippen molar-refractivity contribution >= 4 is 5.97 Å². The molecule has 0 fully saturated rings. The maximum absolute atomic E-state index is 10.8. The minimum atomic E-state index is -0.200. The van der Waals surface area contributed by atoms with Crippen LogP contribution in [0.1, 0.15) is 18.4 Å². The largest absolute Gasteiger partial charge is 0.469 e. The highest BCUT2D eigenvalue weighted by atomic mass is 16.5. The lowest BCUT2D eigenvalue weighted by Crippen LogP contribution is -2.23. The Bertz CT molecular complexity index is 270. The van der Waals surface area contributed by atoms with Crippen LogP contribution in [-0.4, -0.2) is 24.1 Å². The lowest BCUT2D eigenvalue weighted by Gasteiger charge is -2.08. The molecule has 0 aliphatic heterocycles. The topological polar surface area (TPSA) is 68.1 Å². The summed E-state index contributed by atoms with van der Waals surface area (Å²) >= 11 is 0. The average Bonchev–Trinajstić information content (AvgIpc) is 2.66. The van der Waals surface area contributed by atoms with Gasteiger partial charge in [0.05, 0.1) is 7.11 Å². The third kappa shape index (κ3) is 3.62. The Balaban J connectivity index is 2.22. The molecule has 0 spiro atoms. The molecule has 1 aromatic rings. The van der Waals surface area contributed by atoms with Gasteiger partial charge in [-0.05, 0) is 24.5 Å².